The highest BCUT2D eigenvalue weighted by molar-refractivity contribution is 5.84. The standard InChI is InChI=1S/C13H18N2O/c1-9(14-2)13(16)11-8-15(3)12-7-5-4-6-10(11)12/h4-9,13-14,16H,1-3H3/t9-,13-/m1/s1. The molecule has 0 spiro atoms. The van der Waals surface area contributed by atoms with Crippen LogP contribution in [0.15, 0.2) is 30.5 Å². The molecule has 0 unspecified atom stereocenters. The van der Waals surface area contributed by atoms with Gasteiger partial charge in [-0.1, -0.05) is 18.2 Å². The van der Waals surface area contributed by atoms with Gasteiger partial charge in [-0.2, -0.15) is 0 Å². The van der Waals surface area contributed by atoms with Crippen molar-refractivity contribution in [3.8, 4) is 0 Å². The van der Waals surface area contributed by atoms with Crippen molar-refractivity contribution in [3.05, 3.63) is 36.0 Å². The zero-order chi connectivity index (χ0) is 11.7. The minimum atomic E-state index is -0.476. The second-order valence-electron chi connectivity index (χ2n) is 4.23. The molecule has 0 amide bonds. The van der Waals surface area contributed by atoms with Crippen LogP contribution in [0, 0.1) is 0 Å². The lowest BCUT2D eigenvalue weighted by Gasteiger charge is -2.17. The first kappa shape index (κ1) is 11.2. The summed E-state index contributed by atoms with van der Waals surface area (Å²) in [6.45, 7) is 1.98. The van der Waals surface area contributed by atoms with Gasteiger partial charge in [0.15, 0.2) is 0 Å². The summed E-state index contributed by atoms with van der Waals surface area (Å²) in [6.07, 6.45) is 1.53. The average Bonchev–Trinajstić information content (AvgIpc) is 2.65. The summed E-state index contributed by atoms with van der Waals surface area (Å²) >= 11 is 0. The molecular formula is C13H18N2O. The van der Waals surface area contributed by atoms with Gasteiger partial charge in [0.05, 0.1) is 6.10 Å². The number of likely N-dealkylation sites (N-methyl/N-ethyl adjacent to an activating group) is 1. The van der Waals surface area contributed by atoms with Gasteiger partial charge in [-0.25, -0.2) is 0 Å². The van der Waals surface area contributed by atoms with Crippen LogP contribution in [0.3, 0.4) is 0 Å². The van der Waals surface area contributed by atoms with Crippen LogP contribution < -0.4 is 5.32 Å². The molecule has 2 atom stereocenters. The molecule has 1 heterocycles. The third kappa shape index (κ3) is 1.72. The Bertz CT molecular complexity index is 490. The lowest BCUT2D eigenvalue weighted by Crippen LogP contribution is -2.28. The maximum Gasteiger partial charge on any atom is 0.0960 e. The van der Waals surface area contributed by atoms with Crippen molar-refractivity contribution in [3.63, 3.8) is 0 Å². The summed E-state index contributed by atoms with van der Waals surface area (Å²) in [5, 5.41) is 14.4. The van der Waals surface area contributed by atoms with E-state index in [-0.39, 0.29) is 6.04 Å². The van der Waals surface area contributed by atoms with Crippen molar-refractivity contribution in [1.82, 2.24) is 9.88 Å². The van der Waals surface area contributed by atoms with Gasteiger partial charge in [0, 0.05) is 35.8 Å². The summed E-state index contributed by atoms with van der Waals surface area (Å²) in [7, 11) is 3.86. The number of aliphatic hydroxyl groups is 1. The minimum absolute atomic E-state index is 0.0470. The Kier molecular flexibility index (Phi) is 2.99. The average molecular weight is 218 g/mol. The number of para-hydroxylation sites is 1. The van der Waals surface area contributed by atoms with Crippen LogP contribution in [0.4, 0.5) is 0 Å². The van der Waals surface area contributed by atoms with E-state index in [1.165, 1.54) is 0 Å². The van der Waals surface area contributed by atoms with Gasteiger partial charge < -0.3 is 15.0 Å². The fourth-order valence-electron chi connectivity index (χ4n) is 2.04. The molecule has 2 rings (SSSR count). The number of rotatable bonds is 3. The molecule has 0 radical (unpaired) electrons. The Hall–Kier alpha value is -1.32. The smallest absolute Gasteiger partial charge is 0.0960 e. The van der Waals surface area contributed by atoms with Crippen molar-refractivity contribution in [2.45, 2.75) is 19.1 Å². The van der Waals surface area contributed by atoms with Crippen LogP contribution in [0.5, 0.6) is 0 Å². The monoisotopic (exact) mass is 218 g/mol. The van der Waals surface area contributed by atoms with E-state index in [1.54, 1.807) is 0 Å². The number of fused-ring (bicyclic) bond motifs is 1. The Labute approximate surface area is 95.7 Å². The fourth-order valence-corrected chi connectivity index (χ4v) is 2.04. The lowest BCUT2D eigenvalue weighted by molar-refractivity contribution is 0.141. The van der Waals surface area contributed by atoms with Crippen LogP contribution in [-0.4, -0.2) is 22.8 Å². The van der Waals surface area contributed by atoms with E-state index in [9.17, 15) is 5.11 Å². The zero-order valence-corrected chi connectivity index (χ0v) is 9.94. The predicted octanol–water partition coefficient (Wildman–Crippen LogP) is 1.82. The van der Waals surface area contributed by atoms with Gasteiger partial charge in [0.1, 0.15) is 0 Å². The SMILES string of the molecule is CN[C@H](C)[C@@H](O)c1cn(C)c2ccccc12. The van der Waals surface area contributed by atoms with Crippen LogP contribution in [0.25, 0.3) is 10.9 Å². The third-order valence-electron chi connectivity index (χ3n) is 3.18. The van der Waals surface area contributed by atoms with E-state index >= 15 is 0 Å². The maximum atomic E-state index is 10.2. The van der Waals surface area contributed by atoms with Crippen LogP contribution in [-0.2, 0) is 7.05 Å². The summed E-state index contributed by atoms with van der Waals surface area (Å²) < 4.78 is 2.05. The number of nitrogens with one attached hydrogen (secondary N) is 1. The largest absolute Gasteiger partial charge is 0.387 e. The highest BCUT2D eigenvalue weighted by Gasteiger charge is 2.18. The van der Waals surface area contributed by atoms with Gasteiger partial charge >= 0.3 is 0 Å². The van der Waals surface area contributed by atoms with Crippen molar-refractivity contribution in [1.29, 1.82) is 0 Å². The number of benzene rings is 1. The topological polar surface area (TPSA) is 37.2 Å². The fraction of sp³-hybridized carbons (Fsp3) is 0.385. The molecule has 0 saturated carbocycles. The molecule has 0 bridgehead atoms. The normalized spacial score (nSPS) is 15.2. The second kappa shape index (κ2) is 4.28. The van der Waals surface area contributed by atoms with E-state index in [1.807, 2.05) is 39.3 Å². The molecule has 0 aliphatic heterocycles. The lowest BCUT2D eigenvalue weighted by atomic mass is 10.0. The summed E-state index contributed by atoms with van der Waals surface area (Å²) in [6, 6.07) is 8.18. The maximum absolute atomic E-state index is 10.2. The highest BCUT2D eigenvalue weighted by Crippen LogP contribution is 2.27. The summed E-state index contributed by atoms with van der Waals surface area (Å²) in [5.74, 6) is 0. The second-order valence-corrected chi connectivity index (χ2v) is 4.23. The van der Waals surface area contributed by atoms with Gasteiger partial charge in [0.25, 0.3) is 0 Å². The Morgan fingerprint density at radius 2 is 2.00 bits per heavy atom. The molecule has 0 aliphatic rings. The van der Waals surface area contributed by atoms with Gasteiger partial charge in [0.2, 0.25) is 0 Å². The number of aryl methyl sites for hydroxylation is 1. The van der Waals surface area contributed by atoms with Crippen LogP contribution in [0.2, 0.25) is 0 Å². The molecular weight excluding hydrogens is 200 g/mol. The summed E-state index contributed by atoms with van der Waals surface area (Å²) in [5.41, 5.74) is 2.14. The number of hydrogen-bond donors (Lipinski definition) is 2. The first-order valence-electron chi connectivity index (χ1n) is 5.54. The van der Waals surface area contributed by atoms with E-state index < -0.39 is 6.10 Å². The molecule has 3 heteroatoms. The van der Waals surface area contributed by atoms with E-state index in [0.717, 1.165) is 16.5 Å². The van der Waals surface area contributed by atoms with Gasteiger partial charge in [-0.3, -0.25) is 0 Å². The van der Waals surface area contributed by atoms with Crippen molar-refractivity contribution in [2.75, 3.05) is 7.05 Å². The number of aromatic nitrogens is 1. The quantitative estimate of drug-likeness (QED) is 0.824. The number of aliphatic hydroxyl groups excluding tert-OH is 1. The predicted molar refractivity (Wildman–Crippen MR) is 66.4 cm³/mol. The molecule has 1 aromatic carbocycles. The minimum Gasteiger partial charge on any atom is -0.387 e. The zero-order valence-electron chi connectivity index (χ0n) is 9.94. The van der Waals surface area contributed by atoms with Gasteiger partial charge in [-0.05, 0) is 20.0 Å². The molecule has 0 fully saturated rings. The summed E-state index contributed by atoms with van der Waals surface area (Å²) in [4.78, 5) is 0. The molecule has 0 saturated heterocycles. The number of hydrogen-bond acceptors (Lipinski definition) is 2. The Balaban J connectivity index is 2.52. The molecule has 0 aliphatic carbocycles. The van der Waals surface area contributed by atoms with Crippen molar-refractivity contribution >= 4 is 10.9 Å². The molecule has 86 valence electrons. The first-order chi connectivity index (χ1) is 7.65. The molecule has 1 aromatic heterocycles. The van der Waals surface area contributed by atoms with Crippen LogP contribution >= 0.6 is 0 Å². The first-order valence-corrected chi connectivity index (χ1v) is 5.54. The van der Waals surface area contributed by atoms with E-state index in [4.69, 9.17) is 0 Å². The molecule has 3 nitrogen and oxygen atoms in total. The third-order valence-corrected chi connectivity index (χ3v) is 3.18. The molecule has 2 N–H and O–H groups in total. The Morgan fingerprint density at radius 3 is 2.69 bits per heavy atom. The Morgan fingerprint density at radius 1 is 1.31 bits per heavy atom. The molecule has 2 aromatic rings. The van der Waals surface area contributed by atoms with E-state index in [0.29, 0.717) is 0 Å². The molecule has 16 heavy (non-hydrogen) atoms. The van der Waals surface area contributed by atoms with Gasteiger partial charge in [-0.15, -0.1) is 0 Å². The van der Waals surface area contributed by atoms with Crippen LogP contribution in [0.1, 0.15) is 18.6 Å². The van der Waals surface area contributed by atoms with E-state index in [2.05, 4.69) is 22.0 Å². The number of nitrogens with zero attached hydrogens (tertiary/aromatic N) is 1. The van der Waals surface area contributed by atoms with Crippen molar-refractivity contribution < 1.29 is 5.11 Å². The highest BCUT2D eigenvalue weighted by atomic mass is 16.3. The van der Waals surface area contributed by atoms with Crippen molar-refractivity contribution in [2.24, 2.45) is 7.05 Å².